The van der Waals surface area contributed by atoms with E-state index in [1.807, 2.05) is 0 Å². The smallest absolute Gasteiger partial charge is 0.218 e. The molecule has 0 bridgehead atoms. The van der Waals surface area contributed by atoms with Crippen molar-refractivity contribution >= 4 is 11.6 Å². The largest absolute Gasteiger partial charge is 0.435 e. The van der Waals surface area contributed by atoms with Gasteiger partial charge in [-0.25, -0.2) is 8.78 Å². The molecule has 0 aliphatic rings. The Kier molecular flexibility index (Phi) is 6.05. The van der Waals surface area contributed by atoms with Crippen molar-refractivity contribution in [2.45, 2.75) is 44.7 Å². The quantitative estimate of drug-likeness (QED) is 0.439. The molecule has 0 unspecified atom stereocenters. The van der Waals surface area contributed by atoms with E-state index in [0.717, 1.165) is 18.2 Å². The minimum Gasteiger partial charge on any atom is -0.218 e. The molecule has 0 fully saturated rings. The molecule has 0 N–H and O–H groups in total. The van der Waals surface area contributed by atoms with Gasteiger partial charge in [-0.05, 0) is 47.7 Å². The Morgan fingerprint density at radius 2 is 1.39 bits per heavy atom. The average molecular weight is 431 g/mol. The third kappa shape index (κ3) is 3.71. The number of benzene rings is 2. The molecule has 154 valence electrons. The van der Waals surface area contributed by atoms with Crippen LogP contribution in [-0.4, -0.2) is 12.4 Å². The highest BCUT2D eigenvalue weighted by atomic mass is 35.5. The summed E-state index contributed by atoms with van der Waals surface area (Å²) in [5.74, 6) is -1.11. The van der Waals surface area contributed by atoms with Crippen LogP contribution in [0.1, 0.15) is 30.5 Å². The van der Waals surface area contributed by atoms with Crippen LogP contribution in [0.15, 0.2) is 30.3 Å². The molecular formula is C19H15ClF8. The molecule has 0 saturated carbocycles. The van der Waals surface area contributed by atoms with E-state index in [1.54, 1.807) is 0 Å². The van der Waals surface area contributed by atoms with E-state index in [1.165, 1.54) is 19.9 Å². The molecule has 0 amide bonds. The van der Waals surface area contributed by atoms with Gasteiger partial charge in [-0.15, -0.1) is 0 Å². The van der Waals surface area contributed by atoms with Gasteiger partial charge in [0.25, 0.3) is 0 Å². The molecule has 28 heavy (non-hydrogen) atoms. The van der Waals surface area contributed by atoms with Crippen LogP contribution < -0.4 is 0 Å². The fourth-order valence-corrected chi connectivity index (χ4v) is 3.17. The van der Waals surface area contributed by atoms with Crippen LogP contribution in [0.5, 0.6) is 0 Å². The van der Waals surface area contributed by atoms with Gasteiger partial charge in [0.1, 0.15) is 5.82 Å². The molecule has 0 aliphatic carbocycles. The summed E-state index contributed by atoms with van der Waals surface area (Å²) in [6.45, 7) is 2.96. The van der Waals surface area contributed by atoms with E-state index in [2.05, 4.69) is 0 Å². The maximum atomic E-state index is 14.9. The first-order valence-electron chi connectivity index (χ1n) is 8.21. The third-order valence-corrected chi connectivity index (χ3v) is 4.65. The highest BCUT2D eigenvalue weighted by Gasteiger charge is 2.74. The second kappa shape index (κ2) is 7.54. The van der Waals surface area contributed by atoms with Gasteiger partial charge in [0.15, 0.2) is 0 Å². The van der Waals surface area contributed by atoms with Crippen LogP contribution in [0.3, 0.4) is 0 Å². The van der Waals surface area contributed by atoms with Crippen LogP contribution in [0.2, 0.25) is 5.02 Å². The number of hydrogen-bond donors (Lipinski definition) is 0. The Morgan fingerprint density at radius 3 is 1.86 bits per heavy atom. The summed E-state index contributed by atoms with van der Waals surface area (Å²) in [7, 11) is 0. The molecule has 0 atom stereocenters. The molecule has 0 nitrogen and oxygen atoms in total. The van der Waals surface area contributed by atoms with E-state index in [9.17, 15) is 35.1 Å². The molecule has 2 aromatic rings. The van der Waals surface area contributed by atoms with Gasteiger partial charge in [0, 0.05) is 16.1 Å². The Bertz CT molecular complexity index is 853. The number of alkyl halides is 7. The molecular weight excluding hydrogens is 416 g/mol. The Hall–Kier alpha value is -1.83. The summed E-state index contributed by atoms with van der Waals surface area (Å²) in [6.07, 6.45) is -12.6. The molecule has 0 aromatic heterocycles. The maximum absolute atomic E-state index is 14.9. The van der Waals surface area contributed by atoms with Crippen LogP contribution in [-0.2, 0) is 18.5 Å². The van der Waals surface area contributed by atoms with Gasteiger partial charge >= 0.3 is 18.0 Å². The lowest BCUT2D eigenvalue weighted by atomic mass is 9.82. The van der Waals surface area contributed by atoms with Crippen molar-refractivity contribution in [1.29, 1.82) is 0 Å². The summed E-state index contributed by atoms with van der Waals surface area (Å²) in [4.78, 5) is 0. The molecule has 0 radical (unpaired) electrons. The highest BCUT2D eigenvalue weighted by molar-refractivity contribution is 6.30. The fourth-order valence-electron chi connectivity index (χ4n) is 3.00. The lowest BCUT2D eigenvalue weighted by molar-refractivity contribution is -0.348. The standard InChI is InChI=1S/C19H15ClF8/c1-3-10-7-11(4-2)16(13-9-12(20)5-6-15(13)21)14(8-10)17(22,18(23,24)25)19(26,27)28/h5-9H,3-4H2,1-2H3. The molecule has 0 aliphatic heterocycles. The molecule has 0 heterocycles. The number of aryl methyl sites for hydroxylation is 2. The summed E-state index contributed by atoms with van der Waals surface area (Å²) < 4.78 is 110. The predicted octanol–water partition coefficient (Wildman–Crippen LogP) is 7.56. The third-order valence-electron chi connectivity index (χ3n) is 4.42. The minimum atomic E-state index is -6.31. The van der Waals surface area contributed by atoms with Crippen molar-refractivity contribution in [3.8, 4) is 11.1 Å². The first kappa shape index (κ1) is 22.5. The van der Waals surface area contributed by atoms with Crippen LogP contribution in [0, 0.1) is 5.82 Å². The van der Waals surface area contributed by atoms with E-state index < -0.39 is 40.5 Å². The second-order valence-electron chi connectivity index (χ2n) is 6.16. The molecule has 0 saturated heterocycles. The van der Waals surface area contributed by atoms with E-state index in [-0.39, 0.29) is 29.0 Å². The topological polar surface area (TPSA) is 0 Å². The number of rotatable bonds is 4. The summed E-state index contributed by atoms with van der Waals surface area (Å²) >= 11 is 5.76. The van der Waals surface area contributed by atoms with Crippen LogP contribution in [0.4, 0.5) is 35.1 Å². The summed E-state index contributed by atoms with van der Waals surface area (Å²) in [6, 6.07) is 4.61. The second-order valence-corrected chi connectivity index (χ2v) is 6.60. The van der Waals surface area contributed by atoms with Gasteiger partial charge in [-0.3, -0.25) is 0 Å². The molecule has 2 aromatic carbocycles. The maximum Gasteiger partial charge on any atom is 0.435 e. The minimum absolute atomic E-state index is 0.0477. The van der Waals surface area contributed by atoms with Crippen molar-refractivity contribution in [3.63, 3.8) is 0 Å². The lowest BCUT2D eigenvalue weighted by Crippen LogP contribution is -2.50. The highest BCUT2D eigenvalue weighted by Crippen LogP contribution is 2.56. The Labute approximate surface area is 161 Å². The van der Waals surface area contributed by atoms with Gasteiger partial charge in [0.05, 0.1) is 0 Å². The zero-order valence-corrected chi connectivity index (χ0v) is 15.5. The normalized spacial score (nSPS) is 13.1. The molecule has 2 rings (SSSR count). The first-order chi connectivity index (χ1) is 12.8. The Morgan fingerprint density at radius 1 is 0.821 bits per heavy atom. The van der Waals surface area contributed by atoms with Gasteiger partial charge in [0.2, 0.25) is 0 Å². The first-order valence-corrected chi connectivity index (χ1v) is 8.59. The van der Waals surface area contributed by atoms with Crippen molar-refractivity contribution in [2.24, 2.45) is 0 Å². The van der Waals surface area contributed by atoms with Crippen molar-refractivity contribution in [2.75, 3.05) is 0 Å². The molecule has 0 spiro atoms. The van der Waals surface area contributed by atoms with Crippen molar-refractivity contribution in [1.82, 2.24) is 0 Å². The van der Waals surface area contributed by atoms with E-state index in [4.69, 9.17) is 11.6 Å². The number of hydrogen-bond acceptors (Lipinski definition) is 0. The number of halogens is 9. The van der Waals surface area contributed by atoms with Gasteiger partial charge in [-0.1, -0.05) is 37.6 Å². The van der Waals surface area contributed by atoms with Crippen molar-refractivity contribution < 1.29 is 35.1 Å². The molecule has 9 heteroatoms. The zero-order chi connectivity index (χ0) is 21.5. The predicted molar refractivity (Wildman–Crippen MR) is 90.5 cm³/mol. The SMILES string of the molecule is CCc1cc(CC)c(-c2cc(Cl)ccc2F)c(C(F)(C(F)(F)F)C(F)(F)F)c1. The lowest BCUT2D eigenvalue weighted by Gasteiger charge is -2.33. The van der Waals surface area contributed by atoms with Crippen LogP contribution >= 0.6 is 11.6 Å². The van der Waals surface area contributed by atoms with Crippen molar-refractivity contribution in [3.05, 3.63) is 57.9 Å². The van der Waals surface area contributed by atoms with Gasteiger partial charge in [-0.2, -0.15) is 26.3 Å². The monoisotopic (exact) mass is 430 g/mol. The Balaban J connectivity index is 3.07. The summed E-state index contributed by atoms with van der Waals surface area (Å²) in [5.41, 5.74) is -8.78. The van der Waals surface area contributed by atoms with Crippen LogP contribution in [0.25, 0.3) is 11.1 Å². The van der Waals surface area contributed by atoms with Gasteiger partial charge < -0.3 is 0 Å². The van der Waals surface area contributed by atoms with E-state index in [0.29, 0.717) is 6.07 Å². The zero-order valence-electron chi connectivity index (χ0n) is 14.7. The van der Waals surface area contributed by atoms with E-state index >= 15 is 0 Å². The average Bonchev–Trinajstić information content (AvgIpc) is 2.60. The fraction of sp³-hybridized carbons (Fsp3) is 0.368. The summed E-state index contributed by atoms with van der Waals surface area (Å²) in [5, 5.41) is -0.118.